The molecule has 0 aliphatic heterocycles. The van der Waals surface area contributed by atoms with Crippen molar-refractivity contribution < 1.29 is 8.42 Å². The zero-order valence-electron chi connectivity index (χ0n) is 10.7. The van der Waals surface area contributed by atoms with Gasteiger partial charge in [0.05, 0.1) is 11.9 Å². The van der Waals surface area contributed by atoms with Crippen LogP contribution >= 0.6 is 0 Å². The van der Waals surface area contributed by atoms with Gasteiger partial charge in [0, 0.05) is 26.0 Å². The Hall–Kier alpha value is -2.09. The van der Waals surface area contributed by atoms with Gasteiger partial charge in [-0.15, -0.1) is 0 Å². The van der Waals surface area contributed by atoms with Crippen molar-refractivity contribution in [2.45, 2.75) is 18.4 Å². The molecule has 0 fully saturated rings. The van der Waals surface area contributed by atoms with Gasteiger partial charge >= 0.3 is 0 Å². The Morgan fingerprint density at radius 1 is 1.32 bits per heavy atom. The molecule has 19 heavy (non-hydrogen) atoms. The Labute approximate surface area is 111 Å². The molecule has 0 aliphatic rings. The molecule has 0 spiro atoms. The van der Waals surface area contributed by atoms with Crippen LogP contribution in [0.3, 0.4) is 0 Å². The van der Waals surface area contributed by atoms with Crippen molar-refractivity contribution in [3.05, 3.63) is 30.7 Å². The molecule has 0 unspecified atom stereocenters. The van der Waals surface area contributed by atoms with E-state index in [0.717, 1.165) is 0 Å². The smallest absolute Gasteiger partial charge is 0.263 e. The van der Waals surface area contributed by atoms with Gasteiger partial charge in [0.2, 0.25) is 0 Å². The molecule has 0 saturated carbocycles. The van der Waals surface area contributed by atoms with Gasteiger partial charge in [0.25, 0.3) is 10.0 Å². The van der Waals surface area contributed by atoms with Gasteiger partial charge in [0.15, 0.2) is 0 Å². The van der Waals surface area contributed by atoms with Crippen LogP contribution in [0.15, 0.2) is 35.6 Å². The lowest BCUT2D eigenvalue weighted by Gasteiger charge is -2.06. The third-order valence-corrected chi connectivity index (χ3v) is 3.88. The summed E-state index contributed by atoms with van der Waals surface area (Å²) in [7, 11) is -1.91. The molecule has 0 saturated heterocycles. The Kier molecular flexibility index (Phi) is 3.70. The molecule has 2 aromatic rings. The summed E-state index contributed by atoms with van der Waals surface area (Å²) in [5, 5.41) is 6.83. The van der Waals surface area contributed by atoms with Gasteiger partial charge in [-0.3, -0.25) is 9.40 Å². The molecule has 0 aliphatic carbocycles. The van der Waals surface area contributed by atoms with E-state index in [1.807, 2.05) is 6.92 Å². The Morgan fingerprint density at radius 3 is 2.63 bits per heavy atom. The average Bonchev–Trinajstić information content (AvgIpc) is 2.85. The first-order chi connectivity index (χ1) is 9.05. The number of aromatic nitrogens is 3. The van der Waals surface area contributed by atoms with Gasteiger partial charge in [-0.25, -0.2) is 13.4 Å². The van der Waals surface area contributed by atoms with E-state index in [4.69, 9.17) is 0 Å². The zero-order valence-corrected chi connectivity index (χ0v) is 11.5. The number of nitrogens with one attached hydrogen (secondary N) is 2. The predicted octanol–water partition coefficient (Wildman–Crippen LogP) is 1.14. The first-order valence-electron chi connectivity index (χ1n) is 5.74. The summed E-state index contributed by atoms with van der Waals surface area (Å²) in [4.78, 5) is 4.08. The normalized spacial score (nSPS) is 11.3. The van der Waals surface area contributed by atoms with Crippen LogP contribution in [-0.2, 0) is 16.6 Å². The second-order valence-electron chi connectivity index (χ2n) is 3.82. The Balaban J connectivity index is 2.21. The summed E-state index contributed by atoms with van der Waals surface area (Å²) < 4.78 is 28.3. The van der Waals surface area contributed by atoms with Gasteiger partial charge in [-0.2, -0.15) is 5.10 Å². The molecule has 0 bridgehead atoms. The Bertz CT molecular complexity index is 648. The monoisotopic (exact) mass is 281 g/mol. The molecule has 2 heterocycles. The molecule has 0 atom stereocenters. The molecule has 8 heteroatoms. The third kappa shape index (κ3) is 3.02. The minimum Gasteiger partial charge on any atom is -0.373 e. The van der Waals surface area contributed by atoms with Crippen molar-refractivity contribution in [2.24, 2.45) is 0 Å². The van der Waals surface area contributed by atoms with Crippen LogP contribution in [0.4, 0.5) is 11.5 Å². The van der Waals surface area contributed by atoms with Crippen molar-refractivity contribution in [3.8, 4) is 0 Å². The topological polar surface area (TPSA) is 88.9 Å². The van der Waals surface area contributed by atoms with E-state index in [1.165, 1.54) is 18.5 Å². The van der Waals surface area contributed by atoms with Gasteiger partial charge in [0.1, 0.15) is 10.7 Å². The number of rotatable bonds is 5. The third-order valence-electron chi connectivity index (χ3n) is 2.51. The van der Waals surface area contributed by atoms with Crippen molar-refractivity contribution in [3.63, 3.8) is 0 Å². The maximum atomic E-state index is 12.1. The lowest BCUT2D eigenvalue weighted by atomic mass is 10.5. The van der Waals surface area contributed by atoms with E-state index >= 15 is 0 Å². The van der Waals surface area contributed by atoms with Crippen LogP contribution < -0.4 is 10.0 Å². The van der Waals surface area contributed by atoms with Crippen LogP contribution in [0.1, 0.15) is 6.92 Å². The molecule has 0 aromatic carbocycles. The number of sulfonamides is 1. The number of anilines is 2. The minimum atomic E-state index is -3.63. The summed E-state index contributed by atoms with van der Waals surface area (Å²) >= 11 is 0. The van der Waals surface area contributed by atoms with Crippen molar-refractivity contribution in [1.82, 2.24) is 14.8 Å². The van der Waals surface area contributed by atoms with E-state index in [9.17, 15) is 8.42 Å². The maximum absolute atomic E-state index is 12.1. The van der Waals surface area contributed by atoms with E-state index in [-0.39, 0.29) is 4.90 Å². The maximum Gasteiger partial charge on any atom is 0.263 e. The second-order valence-corrected chi connectivity index (χ2v) is 5.50. The van der Waals surface area contributed by atoms with Gasteiger partial charge < -0.3 is 5.32 Å². The summed E-state index contributed by atoms with van der Waals surface area (Å²) in [6.07, 6.45) is 4.40. The molecule has 2 N–H and O–H groups in total. The number of pyridine rings is 1. The van der Waals surface area contributed by atoms with Crippen molar-refractivity contribution >= 4 is 21.5 Å². The van der Waals surface area contributed by atoms with Crippen LogP contribution in [0, 0.1) is 0 Å². The lowest BCUT2D eigenvalue weighted by Crippen LogP contribution is -2.13. The second kappa shape index (κ2) is 5.27. The molecule has 2 rings (SSSR count). The van der Waals surface area contributed by atoms with Crippen LogP contribution in [0.2, 0.25) is 0 Å². The quantitative estimate of drug-likeness (QED) is 0.858. The van der Waals surface area contributed by atoms with E-state index < -0.39 is 10.0 Å². The van der Waals surface area contributed by atoms with Crippen LogP contribution in [-0.4, -0.2) is 30.2 Å². The average molecular weight is 281 g/mol. The van der Waals surface area contributed by atoms with Crippen LogP contribution in [0.25, 0.3) is 0 Å². The Morgan fingerprint density at radius 2 is 2.11 bits per heavy atom. The molecule has 2 aromatic heterocycles. The van der Waals surface area contributed by atoms with Crippen molar-refractivity contribution in [2.75, 3.05) is 17.1 Å². The fraction of sp³-hybridized carbons (Fsp3) is 0.273. The summed E-state index contributed by atoms with van der Waals surface area (Å²) in [6.45, 7) is 2.60. The van der Waals surface area contributed by atoms with Crippen LogP contribution in [0.5, 0.6) is 0 Å². The largest absolute Gasteiger partial charge is 0.373 e. The van der Waals surface area contributed by atoms with E-state index in [1.54, 1.807) is 24.0 Å². The first kappa shape index (κ1) is 13.3. The molecule has 102 valence electrons. The minimum absolute atomic E-state index is 0.107. The highest BCUT2D eigenvalue weighted by Gasteiger charge is 2.15. The number of hydrogen-bond donors (Lipinski definition) is 2. The zero-order chi connectivity index (χ0) is 13.9. The summed E-state index contributed by atoms with van der Waals surface area (Å²) in [5.41, 5.74) is 0.430. The fourth-order valence-electron chi connectivity index (χ4n) is 1.49. The number of aryl methyl sites for hydroxylation is 1. The van der Waals surface area contributed by atoms with Crippen molar-refractivity contribution in [1.29, 1.82) is 0 Å². The summed E-state index contributed by atoms with van der Waals surface area (Å²) in [6, 6.07) is 3.09. The predicted molar refractivity (Wildman–Crippen MR) is 72.5 cm³/mol. The number of nitrogens with zero attached hydrogens (tertiary/aromatic N) is 3. The molecular weight excluding hydrogens is 266 g/mol. The van der Waals surface area contributed by atoms with Gasteiger partial charge in [-0.1, -0.05) is 0 Å². The lowest BCUT2D eigenvalue weighted by molar-refractivity contribution is 0.601. The number of hydrogen-bond acceptors (Lipinski definition) is 5. The molecule has 0 radical (unpaired) electrons. The highest BCUT2D eigenvalue weighted by Crippen LogP contribution is 2.15. The fourth-order valence-corrected chi connectivity index (χ4v) is 2.46. The highest BCUT2D eigenvalue weighted by molar-refractivity contribution is 7.92. The van der Waals surface area contributed by atoms with E-state index in [0.29, 0.717) is 18.1 Å². The van der Waals surface area contributed by atoms with E-state index in [2.05, 4.69) is 20.1 Å². The first-order valence-corrected chi connectivity index (χ1v) is 7.22. The summed E-state index contributed by atoms with van der Waals surface area (Å²) in [5.74, 6) is 0.609. The highest BCUT2D eigenvalue weighted by atomic mass is 32.2. The molecule has 7 nitrogen and oxygen atoms in total. The standard InChI is InChI=1S/C11H15N5O2S/c1-3-16-8-9(6-14-16)15-19(17,18)10-4-5-11(12-2)13-7-10/h4-8,15H,3H2,1-2H3,(H,12,13). The van der Waals surface area contributed by atoms with Gasteiger partial charge in [-0.05, 0) is 19.1 Å². The SMILES string of the molecule is CCn1cc(NS(=O)(=O)c2ccc(NC)nc2)cn1. The molecular formula is C11H15N5O2S. The molecule has 0 amide bonds.